The van der Waals surface area contributed by atoms with Crippen molar-refractivity contribution in [3.8, 4) is 6.07 Å². The zero-order valence-electron chi connectivity index (χ0n) is 20.7. The topological polar surface area (TPSA) is 90.9 Å². The molecule has 0 spiro atoms. The molecule has 1 saturated heterocycles. The molecule has 1 saturated carbocycles. The fraction of sp³-hybridized carbons (Fsp3) is 0.500. The van der Waals surface area contributed by atoms with Gasteiger partial charge in [0.15, 0.2) is 5.82 Å². The number of halogens is 4. The summed E-state index contributed by atoms with van der Waals surface area (Å²) < 4.78 is 55.5. The lowest BCUT2D eigenvalue weighted by Gasteiger charge is -2.40. The third kappa shape index (κ3) is 4.14. The number of rotatable bonds is 3. The minimum absolute atomic E-state index is 0.0143. The molecule has 0 radical (unpaired) electrons. The summed E-state index contributed by atoms with van der Waals surface area (Å²) in [6.07, 6.45) is -0.670. The second-order valence-corrected chi connectivity index (χ2v) is 10.5. The zero-order valence-corrected chi connectivity index (χ0v) is 20.7. The van der Waals surface area contributed by atoms with Crippen molar-refractivity contribution in [2.24, 2.45) is 11.8 Å². The van der Waals surface area contributed by atoms with E-state index < -0.39 is 17.8 Å². The fourth-order valence-electron chi connectivity index (χ4n) is 5.85. The van der Waals surface area contributed by atoms with Gasteiger partial charge in [-0.1, -0.05) is 6.92 Å². The SMILES string of the molecule is C[C@@H]1CN(c2c(C#N)cnc3c(F)cc(C4CC4)cc23)CC[C@@H]1C(=O)N1CCn2c(nnc2C(F)(F)F)C1. The summed E-state index contributed by atoms with van der Waals surface area (Å²) in [5, 5.41) is 17.4. The lowest BCUT2D eigenvalue weighted by molar-refractivity contribution is -0.148. The fourth-order valence-corrected chi connectivity index (χ4v) is 5.85. The van der Waals surface area contributed by atoms with E-state index in [0.29, 0.717) is 42.1 Å². The van der Waals surface area contributed by atoms with Crippen LogP contribution < -0.4 is 4.90 Å². The van der Waals surface area contributed by atoms with E-state index in [1.54, 1.807) is 4.90 Å². The molecule has 2 aliphatic heterocycles. The van der Waals surface area contributed by atoms with Crippen molar-refractivity contribution in [2.45, 2.75) is 51.4 Å². The maximum atomic E-state index is 15.0. The molecule has 198 valence electrons. The van der Waals surface area contributed by atoms with Gasteiger partial charge in [0.25, 0.3) is 0 Å². The van der Waals surface area contributed by atoms with Crippen LogP contribution in [0, 0.1) is 29.0 Å². The average molecular weight is 528 g/mol. The van der Waals surface area contributed by atoms with Gasteiger partial charge in [0, 0.05) is 43.7 Å². The summed E-state index contributed by atoms with van der Waals surface area (Å²) in [6, 6.07) is 5.67. The Bertz CT molecular complexity index is 1470. The van der Waals surface area contributed by atoms with Crippen molar-refractivity contribution in [3.05, 3.63) is 46.9 Å². The summed E-state index contributed by atoms with van der Waals surface area (Å²) >= 11 is 0. The van der Waals surface area contributed by atoms with Gasteiger partial charge >= 0.3 is 6.18 Å². The first-order valence-electron chi connectivity index (χ1n) is 12.7. The van der Waals surface area contributed by atoms with Gasteiger partial charge in [-0.3, -0.25) is 9.78 Å². The molecule has 3 aromatic rings. The Kier molecular flexibility index (Phi) is 5.77. The summed E-state index contributed by atoms with van der Waals surface area (Å²) in [6.45, 7) is 3.02. The highest BCUT2D eigenvalue weighted by Gasteiger charge is 2.41. The smallest absolute Gasteiger partial charge is 0.370 e. The van der Waals surface area contributed by atoms with Gasteiger partial charge in [0.05, 0.1) is 17.8 Å². The molecular weight excluding hydrogens is 502 g/mol. The number of piperidine rings is 1. The Hall–Kier alpha value is -3.75. The van der Waals surface area contributed by atoms with Crippen LogP contribution in [-0.2, 0) is 24.1 Å². The summed E-state index contributed by atoms with van der Waals surface area (Å²) in [4.78, 5) is 21.3. The summed E-state index contributed by atoms with van der Waals surface area (Å²) in [5.74, 6) is -1.55. The maximum Gasteiger partial charge on any atom is 0.451 e. The molecule has 6 rings (SSSR count). The van der Waals surface area contributed by atoms with E-state index in [2.05, 4.69) is 21.3 Å². The van der Waals surface area contributed by atoms with Crippen LogP contribution in [0.1, 0.15) is 54.9 Å². The number of hydrogen-bond acceptors (Lipinski definition) is 6. The van der Waals surface area contributed by atoms with Gasteiger partial charge in [-0.05, 0) is 48.8 Å². The molecule has 0 bridgehead atoms. The van der Waals surface area contributed by atoms with Gasteiger partial charge < -0.3 is 14.4 Å². The predicted octanol–water partition coefficient (Wildman–Crippen LogP) is 4.24. The number of anilines is 1. The molecule has 1 aliphatic carbocycles. The molecule has 1 aromatic carbocycles. The van der Waals surface area contributed by atoms with Gasteiger partial charge in [0.1, 0.15) is 17.4 Å². The zero-order chi connectivity index (χ0) is 26.8. The van der Waals surface area contributed by atoms with Crippen molar-refractivity contribution >= 4 is 22.5 Å². The van der Waals surface area contributed by atoms with Gasteiger partial charge in [-0.15, -0.1) is 10.2 Å². The van der Waals surface area contributed by atoms with Crippen LogP contribution in [0.5, 0.6) is 0 Å². The van der Waals surface area contributed by atoms with Crippen LogP contribution in [0.15, 0.2) is 18.3 Å². The standard InChI is InChI=1S/C26H25F4N7O/c1-14-12-35(23-17(10-31)11-32-22-19(23)8-16(9-20(22)27)15-2-3-15)5-4-18(14)24(38)36-6-7-37-21(13-36)33-34-25(37)26(28,29)30/h8-9,11,14-15,18H,2-7,12-13H2,1H3/t14-,18+/m1/s1. The Morgan fingerprint density at radius 1 is 1.13 bits per heavy atom. The first-order chi connectivity index (χ1) is 18.2. The number of nitrogens with zero attached hydrogens (tertiary/aromatic N) is 7. The second-order valence-electron chi connectivity index (χ2n) is 10.5. The van der Waals surface area contributed by atoms with E-state index in [0.717, 1.165) is 23.0 Å². The average Bonchev–Trinajstić information content (AvgIpc) is 3.65. The number of alkyl halides is 3. The van der Waals surface area contributed by atoms with Crippen LogP contribution in [-0.4, -0.2) is 50.2 Å². The number of amides is 1. The minimum Gasteiger partial charge on any atom is -0.370 e. The van der Waals surface area contributed by atoms with Crippen LogP contribution in [0.2, 0.25) is 0 Å². The largest absolute Gasteiger partial charge is 0.451 e. The Morgan fingerprint density at radius 2 is 1.92 bits per heavy atom. The first-order valence-corrected chi connectivity index (χ1v) is 12.7. The Balaban J connectivity index is 1.23. The van der Waals surface area contributed by atoms with Gasteiger partial charge in [0.2, 0.25) is 11.7 Å². The molecule has 38 heavy (non-hydrogen) atoms. The normalized spacial score (nSPS) is 21.9. The molecule has 2 fully saturated rings. The molecule has 4 heterocycles. The molecule has 12 heteroatoms. The summed E-state index contributed by atoms with van der Waals surface area (Å²) in [7, 11) is 0. The van der Waals surface area contributed by atoms with E-state index in [1.165, 1.54) is 12.3 Å². The van der Waals surface area contributed by atoms with Crippen molar-refractivity contribution in [1.82, 2.24) is 24.6 Å². The number of fused-ring (bicyclic) bond motifs is 2. The van der Waals surface area contributed by atoms with Gasteiger partial charge in [-0.25, -0.2) is 4.39 Å². The van der Waals surface area contributed by atoms with Crippen LogP contribution in [0.25, 0.3) is 10.9 Å². The number of carbonyl (C=O) groups excluding carboxylic acids is 1. The van der Waals surface area contributed by atoms with E-state index in [-0.39, 0.29) is 48.7 Å². The van der Waals surface area contributed by atoms with Crippen LogP contribution in [0.3, 0.4) is 0 Å². The highest BCUT2D eigenvalue weighted by Crippen LogP contribution is 2.43. The maximum absolute atomic E-state index is 15.0. The number of benzene rings is 1. The predicted molar refractivity (Wildman–Crippen MR) is 128 cm³/mol. The van der Waals surface area contributed by atoms with E-state index in [4.69, 9.17) is 0 Å². The molecule has 2 atom stereocenters. The monoisotopic (exact) mass is 527 g/mol. The molecule has 2 aromatic heterocycles. The lowest BCUT2D eigenvalue weighted by Crippen LogP contribution is -2.49. The van der Waals surface area contributed by atoms with Crippen molar-refractivity contribution in [2.75, 3.05) is 24.5 Å². The van der Waals surface area contributed by atoms with E-state index in [1.807, 2.05) is 17.9 Å². The van der Waals surface area contributed by atoms with Crippen LogP contribution in [0.4, 0.5) is 23.2 Å². The van der Waals surface area contributed by atoms with Gasteiger partial charge in [-0.2, -0.15) is 18.4 Å². The quantitative estimate of drug-likeness (QED) is 0.474. The third-order valence-electron chi connectivity index (χ3n) is 7.95. The highest BCUT2D eigenvalue weighted by molar-refractivity contribution is 5.95. The molecule has 0 N–H and O–H groups in total. The molecular formula is C26H25F4N7O. The number of aromatic nitrogens is 4. The highest BCUT2D eigenvalue weighted by atomic mass is 19.4. The molecule has 8 nitrogen and oxygen atoms in total. The van der Waals surface area contributed by atoms with E-state index in [9.17, 15) is 27.6 Å². The Morgan fingerprint density at radius 3 is 2.61 bits per heavy atom. The molecule has 1 amide bonds. The van der Waals surface area contributed by atoms with Crippen molar-refractivity contribution in [1.29, 1.82) is 5.26 Å². The molecule has 0 unspecified atom stereocenters. The van der Waals surface area contributed by atoms with Crippen molar-refractivity contribution in [3.63, 3.8) is 0 Å². The third-order valence-corrected chi connectivity index (χ3v) is 7.95. The number of carbonyl (C=O) groups is 1. The molecule has 3 aliphatic rings. The number of pyridine rings is 1. The Labute approximate surface area is 215 Å². The second kappa shape index (κ2) is 8.92. The number of nitriles is 1. The summed E-state index contributed by atoms with van der Waals surface area (Å²) in [5.41, 5.74) is 2.14. The lowest BCUT2D eigenvalue weighted by atomic mass is 9.85. The first kappa shape index (κ1) is 24.6. The van der Waals surface area contributed by atoms with E-state index >= 15 is 0 Å². The van der Waals surface area contributed by atoms with Crippen molar-refractivity contribution < 1.29 is 22.4 Å². The minimum atomic E-state index is -4.60. The van der Waals surface area contributed by atoms with Crippen LogP contribution >= 0.6 is 0 Å². The number of hydrogen-bond donors (Lipinski definition) is 0.